The maximum Gasteiger partial charge on any atom is 0.225 e. The van der Waals surface area contributed by atoms with Crippen molar-refractivity contribution in [1.29, 1.82) is 0 Å². The largest absolute Gasteiger partial charge is 0.388 e. The van der Waals surface area contributed by atoms with E-state index < -0.39 is 6.10 Å². The van der Waals surface area contributed by atoms with Gasteiger partial charge in [-0.05, 0) is 5.56 Å². The molecule has 1 unspecified atom stereocenters. The Kier molecular flexibility index (Phi) is 5.79. The molecular formula is C17H22N2O2. The number of aliphatic hydroxyl groups is 1. The van der Waals surface area contributed by atoms with Crippen molar-refractivity contribution in [2.75, 3.05) is 32.7 Å². The summed E-state index contributed by atoms with van der Waals surface area (Å²) in [4.78, 5) is 16.3. The van der Waals surface area contributed by atoms with Crippen LogP contribution < -0.4 is 0 Å². The SMILES string of the molecule is C#CCCN1CCN(C(=O)CC(O)c2ccccc2)CC1. The van der Waals surface area contributed by atoms with Crippen LogP contribution in [0.4, 0.5) is 0 Å². The van der Waals surface area contributed by atoms with Gasteiger partial charge in [0.15, 0.2) is 0 Å². The molecule has 1 aromatic rings. The number of benzene rings is 1. The summed E-state index contributed by atoms with van der Waals surface area (Å²) in [5, 5.41) is 10.1. The molecular weight excluding hydrogens is 264 g/mol. The van der Waals surface area contributed by atoms with Gasteiger partial charge in [0.2, 0.25) is 5.91 Å². The molecule has 0 spiro atoms. The Morgan fingerprint density at radius 3 is 2.52 bits per heavy atom. The third kappa shape index (κ3) is 4.59. The van der Waals surface area contributed by atoms with Crippen molar-refractivity contribution in [2.45, 2.75) is 18.9 Å². The average Bonchev–Trinajstić information content (AvgIpc) is 2.54. The fraction of sp³-hybridized carbons (Fsp3) is 0.471. The summed E-state index contributed by atoms with van der Waals surface area (Å²) >= 11 is 0. The van der Waals surface area contributed by atoms with E-state index in [1.54, 1.807) is 0 Å². The Labute approximate surface area is 126 Å². The molecule has 1 fully saturated rings. The lowest BCUT2D eigenvalue weighted by atomic mass is 10.1. The number of hydrogen-bond donors (Lipinski definition) is 1. The minimum absolute atomic E-state index is 0.0166. The molecule has 112 valence electrons. The molecule has 1 saturated heterocycles. The minimum atomic E-state index is -0.724. The highest BCUT2D eigenvalue weighted by atomic mass is 16.3. The summed E-state index contributed by atoms with van der Waals surface area (Å²) in [6, 6.07) is 9.32. The number of rotatable bonds is 5. The highest BCUT2D eigenvalue weighted by Gasteiger charge is 2.22. The van der Waals surface area contributed by atoms with Crippen LogP contribution in [-0.4, -0.2) is 53.5 Å². The van der Waals surface area contributed by atoms with Crippen LogP contribution in [0.25, 0.3) is 0 Å². The first-order valence-electron chi connectivity index (χ1n) is 7.37. The molecule has 1 amide bonds. The lowest BCUT2D eigenvalue weighted by molar-refractivity contribution is -0.135. The second-order valence-corrected chi connectivity index (χ2v) is 5.31. The van der Waals surface area contributed by atoms with Gasteiger partial charge in [0.25, 0.3) is 0 Å². The highest BCUT2D eigenvalue weighted by molar-refractivity contribution is 5.77. The number of nitrogens with zero attached hydrogens (tertiary/aromatic N) is 2. The van der Waals surface area contributed by atoms with Gasteiger partial charge in [-0.15, -0.1) is 12.3 Å². The van der Waals surface area contributed by atoms with E-state index >= 15 is 0 Å². The number of piperazine rings is 1. The molecule has 1 atom stereocenters. The normalized spacial score (nSPS) is 17.2. The molecule has 4 nitrogen and oxygen atoms in total. The fourth-order valence-electron chi connectivity index (χ4n) is 2.53. The first-order chi connectivity index (χ1) is 10.2. The maximum absolute atomic E-state index is 12.2. The number of amides is 1. The van der Waals surface area contributed by atoms with Gasteiger partial charge >= 0.3 is 0 Å². The highest BCUT2D eigenvalue weighted by Crippen LogP contribution is 2.17. The average molecular weight is 286 g/mol. The van der Waals surface area contributed by atoms with Crippen LogP contribution in [0, 0.1) is 12.3 Å². The van der Waals surface area contributed by atoms with E-state index in [-0.39, 0.29) is 12.3 Å². The molecule has 2 rings (SSSR count). The topological polar surface area (TPSA) is 43.8 Å². The molecule has 1 aromatic carbocycles. The van der Waals surface area contributed by atoms with Crippen LogP contribution in [0.5, 0.6) is 0 Å². The van der Waals surface area contributed by atoms with Crippen molar-refractivity contribution in [3.63, 3.8) is 0 Å². The molecule has 0 aromatic heterocycles. The van der Waals surface area contributed by atoms with Gasteiger partial charge in [-0.25, -0.2) is 0 Å². The summed E-state index contributed by atoms with van der Waals surface area (Å²) in [5.74, 6) is 2.65. The van der Waals surface area contributed by atoms with Crippen LogP contribution in [0.3, 0.4) is 0 Å². The Hall–Kier alpha value is -1.83. The number of terminal acetylenes is 1. The summed E-state index contributed by atoms with van der Waals surface area (Å²) < 4.78 is 0. The standard InChI is InChI=1S/C17H22N2O2/c1-2-3-9-18-10-12-19(13-11-18)17(21)14-16(20)15-7-5-4-6-8-15/h1,4-8,16,20H,3,9-14H2. The Morgan fingerprint density at radius 2 is 1.90 bits per heavy atom. The summed E-state index contributed by atoms with van der Waals surface area (Å²) in [6.07, 6.45) is 5.44. The molecule has 4 heteroatoms. The third-order valence-corrected chi connectivity index (χ3v) is 3.85. The van der Waals surface area contributed by atoms with Gasteiger partial charge in [0, 0.05) is 39.1 Å². The van der Waals surface area contributed by atoms with E-state index in [9.17, 15) is 9.90 Å². The van der Waals surface area contributed by atoms with E-state index in [1.807, 2.05) is 35.2 Å². The molecule has 1 N–H and O–H groups in total. The van der Waals surface area contributed by atoms with E-state index in [1.165, 1.54) is 0 Å². The first-order valence-corrected chi connectivity index (χ1v) is 7.37. The van der Waals surface area contributed by atoms with Crippen molar-refractivity contribution < 1.29 is 9.90 Å². The zero-order valence-corrected chi connectivity index (χ0v) is 12.2. The molecule has 1 heterocycles. The van der Waals surface area contributed by atoms with Gasteiger partial charge < -0.3 is 10.0 Å². The van der Waals surface area contributed by atoms with Crippen LogP contribution in [0.1, 0.15) is 24.5 Å². The monoisotopic (exact) mass is 286 g/mol. The third-order valence-electron chi connectivity index (χ3n) is 3.85. The van der Waals surface area contributed by atoms with Crippen LogP contribution in [0.2, 0.25) is 0 Å². The summed E-state index contributed by atoms with van der Waals surface area (Å²) in [5.41, 5.74) is 0.790. The smallest absolute Gasteiger partial charge is 0.225 e. The van der Waals surface area contributed by atoms with Gasteiger partial charge in [0.05, 0.1) is 12.5 Å². The second kappa shape index (κ2) is 7.82. The van der Waals surface area contributed by atoms with Crippen molar-refractivity contribution in [3.8, 4) is 12.3 Å². The van der Waals surface area contributed by atoms with E-state index in [2.05, 4.69) is 10.8 Å². The lowest BCUT2D eigenvalue weighted by Crippen LogP contribution is -2.49. The minimum Gasteiger partial charge on any atom is -0.388 e. The van der Waals surface area contributed by atoms with E-state index in [0.29, 0.717) is 13.1 Å². The Balaban J connectivity index is 1.79. The van der Waals surface area contributed by atoms with Crippen molar-refractivity contribution in [3.05, 3.63) is 35.9 Å². The van der Waals surface area contributed by atoms with Crippen LogP contribution in [-0.2, 0) is 4.79 Å². The van der Waals surface area contributed by atoms with Crippen molar-refractivity contribution in [1.82, 2.24) is 9.80 Å². The zero-order chi connectivity index (χ0) is 15.1. The van der Waals surface area contributed by atoms with E-state index in [0.717, 1.165) is 31.6 Å². The number of carbonyl (C=O) groups excluding carboxylic acids is 1. The lowest BCUT2D eigenvalue weighted by Gasteiger charge is -2.34. The second-order valence-electron chi connectivity index (χ2n) is 5.31. The van der Waals surface area contributed by atoms with Crippen LogP contribution >= 0.6 is 0 Å². The van der Waals surface area contributed by atoms with Gasteiger partial charge in [-0.1, -0.05) is 30.3 Å². The van der Waals surface area contributed by atoms with Gasteiger partial charge in [-0.2, -0.15) is 0 Å². The predicted molar refractivity (Wildman–Crippen MR) is 82.5 cm³/mol. The van der Waals surface area contributed by atoms with Gasteiger partial charge in [-0.3, -0.25) is 9.69 Å². The molecule has 0 aliphatic carbocycles. The first kappa shape index (κ1) is 15.6. The van der Waals surface area contributed by atoms with Crippen molar-refractivity contribution >= 4 is 5.91 Å². The fourth-order valence-corrected chi connectivity index (χ4v) is 2.53. The number of carbonyl (C=O) groups is 1. The quantitative estimate of drug-likeness (QED) is 0.829. The molecule has 1 aliphatic rings. The van der Waals surface area contributed by atoms with Crippen LogP contribution in [0.15, 0.2) is 30.3 Å². The Bertz CT molecular complexity index is 487. The predicted octanol–water partition coefficient (Wildman–Crippen LogP) is 1.28. The van der Waals surface area contributed by atoms with Gasteiger partial charge in [0.1, 0.15) is 0 Å². The maximum atomic E-state index is 12.2. The summed E-state index contributed by atoms with van der Waals surface area (Å²) in [7, 11) is 0. The Morgan fingerprint density at radius 1 is 1.24 bits per heavy atom. The molecule has 1 aliphatic heterocycles. The molecule has 0 saturated carbocycles. The molecule has 0 bridgehead atoms. The summed E-state index contributed by atoms with van der Waals surface area (Å²) in [6.45, 7) is 4.03. The molecule has 0 radical (unpaired) electrons. The van der Waals surface area contributed by atoms with E-state index in [4.69, 9.17) is 6.42 Å². The number of aliphatic hydroxyl groups excluding tert-OH is 1. The molecule has 21 heavy (non-hydrogen) atoms. The van der Waals surface area contributed by atoms with Crippen molar-refractivity contribution in [2.24, 2.45) is 0 Å². The zero-order valence-electron chi connectivity index (χ0n) is 12.2. The number of hydrogen-bond acceptors (Lipinski definition) is 3.